The Morgan fingerprint density at radius 2 is 1.84 bits per heavy atom. The van der Waals surface area contributed by atoms with Crippen LogP contribution in [0.5, 0.6) is 5.75 Å². The van der Waals surface area contributed by atoms with Crippen LogP contribution in [0.3, 0.4) is 0 Å². The monoisotopic (exact) mass is 280 g/mol. The van der Waals surface area contributed by atoms with E-state index in [2.05, 4.69) is 0 Å². The van der Waals surface area contributed by atoms with Crippen LogP contribution >= 0.6 is 11.8 Å². The number of aromatic hydroxyl groups is 1. The minimum atomic E-state index is 0.0867. The molecule has 1 aliphatic heterocycles. The van der Waals surface area contributed by atoms with Gasteiger partial charge in [-0.05, 0) is 24.3 Å². The number of hydrogen-bond donors (Lipinski definition) is 1. The molecule has 6 heteroatoms. The molecule has 0 aromatic heterocycles. The molecule has 102 valence electrons. The molecule has 1 aromatic rings. The van der Waals surface area contributed by atoms with Crippen LogP contribution in [0.25, 0.3) is 0 Å². The molecule has 2 amide bonds. The lowest BCUT2D eigenvalue weighted by atomic mass is 10.3. The molecule has 0 spiro atoms. The highest BCUT2D eigenvalue weighted by atomic mass is 32.2. The van der Waals surface area contributed by atoms with Crippen LogP contribution in [0, 0.1) is 0 Å². The second-order valence-electron chi connectivity index (χ2n) is 4.30. The molecule has 0 atom stereocenters. The lowest BCUT2D eigenvalue weighted by Crippen LogP contribution is -2.48. The first-order valence-corrected chi connectivity index (χ1v) is 7.06. The SMILES string of the molecule is O=CN1CCN(C(=O)CSc2ccc(O)cc2)CC1. The summed E-state index contributed by atoms with van der Waals surface area (Å²) in [4.78, 5) is 27.0. The van der Waals surface area contributed by atoms with Gasteiger partial charge in [0.25, 0.3) is 0 Å². The van der Waals surface area contributed by atoms with Crippen LogP contribution in [-0.4, -0.2) is 59.2 Å². The van der Waals surface area contributed by atoms with E-state index in [0.29, 0.717) is 31.9 Å². The number of nitrogens with zero attached hydrogens (tertiary/aromatic N) is 2. The van der Waals surface area contributed by atoms with Gasteiger partial charge in [0.05, 0.1) is 5.75 Å². The minimum Gasteiger partial charge on any atom is -0.508 e. The highest BCUT2D eigenvalue weighted by molar-refractivity contribution is 8.00. The molecule has 1 heterocycles. The van der Waals surface area contributed by atoms with Gasteiger partial charge in [-0.15, -0.1) is 11.8 Å². The van der Waals surface area contributed by atoms with Gasteiger partial charge in [-0.2, -0.15) is 0 Å². The summed E-state index contributed by atoms with van der Waals surface area (Å²) >= 11 is 1.45. The van der Waals surface area contributed by atoms with E-state index in [1.807, 2.05) is 0 Å². The number of phenols is 1. The first-order valence-electron chi connectivity index (χ1n) is 6.08. The number of carbonyl (C=O) groups is 2. The number of hydrogen-bond acceptors (Lipinski definition) is 4. The van der Waals surface area contributed by atoms with Crippen molar-refractivity contribution in [2.75, 3.05) is 31.9 Å². The van der Waals surface area contributed by atoms with Crippen molar-refractivity contribution in [2.24, 2.45) is 0 Å². The molecule has 0 radical (unpaired) electrons. The fourth-order valence-electron chi connectivity index (χ4n) is 1.86. The van der Waals surface area contributed by atoms with Crippen LogP contribution in [0.4, 0.5) is 0 Å². The number of phenolic OH excluding ortho intramolecular Hbond substituents is 1. The van der Waals surface area contributed by atoms with Crippen molar-refractivity contribution in [3.8, 4) is 5.75 Å². The third-order valence-electron chi connectivity index (χ3n) is 3.02. The van der Waals surface area contributed by atoms with Crippen molar-refractivity contribution in [1.82, 2.24) is 9.80 Å². The number of benzene rings is 1. The zero-order chi connectivity index (χ0) is 13.7. The molecule has 0 saturated carbocycles. The van der Waals surface area contributed by atoms with Crippen LogP contribution in [0.15, 0.2) is 29.2 Å². The molecule has 1 saturated heterocycles. The summed E-state index contributed by atoms with van der Waals surface area (Å²) in [7, 11) is 0. The van der Waals surface area contributed by atoms with Gasteiger partial charge >= 0.3 is 0 Å². The third-order valence-corrected chi connectivity index (χ3v) is 4.01. The number of amides is 2. The van der Waals surface area contributed by atoms with Crippen LogP contribution < -0.4 is 0 Å². The predicted molar refractivity (Wildman–Crippen MR) is 73.0 cm³/mol. The van der Waals surface area contributed by atoms with E-state index in [1.54, 1.807) is 34.1 Å². The van der Waals surface area contributed by atoms with Gasteiger partial charge in [-0.3, -0.25) is 9.59 Å². The van der Waals surface area contributed by atoms with Gasteiger partial charge < -0.3 is 14.9 Å². The van der Waals surface area contributed by atoms with E-state index in [0.717, 1.165) is 11.3 Å². The summed E-state index contributed by atoms with van der Waals surface area (Å²) in [5, 5.41) is 9.17. The number of rotatable bonds is 4. The van der Waals surface area contributed by atoms with Gasteiger partial charge in [0.15, 0.2) is 0 Å². The maximum absolute atomic E-state index is 12.0. The van der Waals surface area contributed by atoms with Crippen molar-refractivity contribution in [3.05, 3.63) is 24.3 Å². The Labute approximate surface area is 116 Å². The summed E-state index contributed by atoms with van der Waals surface area (Å²) in [6.07, 6.45) is 0.826. The number of thioether (sulfide) groups is 1. The predicted octanol–water partition coefficient (Wildman–Crippen LogP) is 0.785. The fourth-order valence-corrected chi connectivity index (χ4v) is 2.66. The van der Waals surface area contributed by atoms with Gasteiger partial charge in [0, 0.05) is 31.1 Å². The van der Waals surface area contributed by atoms with Crippen LogP contribution in [0.2, 0.25) is 0 Å². The second kappa shape index (κ2) is 6.47. The quantitative estimate of drug-likeness (QED) is 0.654. The maximum atomic E-state index is 12.0. The van der Waals surface area contributed by atoms with E-state index in [9.17, 15) is 9.59 Å². The van der Waals surface area contributed by atoms with Gasteiger partial charge in [0.2, 0.25) is 12.3 Å². The highest BCUT2D eigenvalue weighted by Crippen LogP contribution is 2.21. The summed E-state index contributed by atoms with van der Waals surface area (Å²) in [5.41, 5.74) is 0. The van der Waals surface area contributed by atoms with Crippen LogP contribution in [-0.2, 0) is 9.59 Å². The van der Waals surface area contributed by atoms with Gasteiger partial charge in [-0.25, -0.2) is 0 Å². The summed E-state index contributed by atoms with van der Waals surface area (Å²) in [6.45, 7) is 2.43. The minimum absolute atomic E-state index is 0.0867. The lowest BCUT2D eigenvalue weighted by molar-refractivity contribution is -0.132. The highest BCUT2D eigenvalue weighted by Gasteiger charge is 2.19. The number of piperazine rings is 1. The molecule has 0 aliphatic carbocycles. The summed E-state index contributed by atoms with van der Waals surface area (Å²) in [6, 6.07) is 6.79. The molecule has 0 bridgehead atoms. The van der Waals surface area contributed by atoms with E-state index in [-0.39, 0.29) is 11.7 Å². The molecule has 1 N–H and O–H groups in total. The smallest absolute Gasteiger partial charge is 0.233 e. The van der Waals surface area contributed by atoms with E-state index < -0.39 is 0 Å². The molecular formula is C13H16N2O3S. The average molecular weight is 280 g/mol. The lowest BCUT2D eigenvalue weighted by Gasteiger charge is -2.32. The molecule has 1 aliphatic rings. The summed E-state index contributed by atoms with van der Waals surface area (Å²) in [5.74, 6) is 0.690. The zero-order valence-electron chi connectivity index (χ0n) is 10.5. The van der Waals surface area contributed by atoms with E-state index in [4.69, 9.17) is 5.11 Å². The molecule has 2 rings (SSSR count). The molecule has 5 nitrogen and oxygen atoms in total. The molecule has 1 aromatic carbocycles. The summed E-state index contributed by atoms with van der Waals surface area (Å²) < 4.78 is 0. The van der Waals surface area contributed by atoms with Gasteiger partial charge in [0.1, 0.15) is 5.75 Å². The Bertz CT molecular complexity index is 442. The Kier molecular flexibility index (Phi) is 4.68. The molecule has 19 heavy (non-hydrogen) atoms. The standard InChI is InChI=1S/C13H16N2O3S/c16-10-14-5-7-15(8-6-14)13(18)9-19-12-3-1-11(17)2-4-12/h1-4,10,17H,5-9H2. The van der Waals surface area contributed by atoms with Crippen molar-refractivity contribution < 1.29 is 14.7 Å². The Morgan fingerprint density at radius 3 is 2.42 bits per heavy atom. The first kappa shape index (κ1) is 13.7. The first-order chi connectivity index (χ1) is 9.19. The third kappa shape index (κ3) is 3.89. The Hall–Kier alpha value is -1.69. The topological polar surface area (TPSA) is 60.9 Å². The number of carbonyl (C=O) groups excluding carboxylic acids is 2. The maximum Gasteiger partial charge on any atom is 0.233 e. The van der Waals surface area contributed by atoms with E-state index in [1.165, 1.54) is 11.8 Å². The molecular weight excluding hydrogens is 264 g/mol. The van der Waals surface area contributed by atoms with Crippen LogP contribution in [0.1, 0.15) is 0 Å². The molecule has 0 unspecified atom stereocenters. The van der Waals surface area contributed by atoms with Crippen molar-refractivity contribution in [3.63, 3.8) is 0 Å². The average Bonchev–Trinajstić information content (AvgIpc) is 2.46. The normalized spacial score (nSPS) is 15.4. The van der Waals surface area contributed by atoms with Crippen molar-refractivity contribution in [1.29, 1.82) is 0 Å². The fraction of sp³-hybridized carbons (Fsp3) is 0.385. The molecule has 1 fully saturated rings. The van der Waals surface area contributed by atoms with E-state index >= 15 is 0 Å². The zero-order valence-corrected chi connectivity index (χ0v) is 11.3. The largest absolute Gasteiger partial charge is 0.508 e. The Morgan fingerprint density at radius 1 is 1.21 bits per heavy atom. The second-order valence-corrected chi connectivity index (χ2v) is 5.35. The Balaban J connectivity index is 1.78. The van der Waals surface area contributed by atoms with Crippen molar-refractivity contribution >= 4 is 24.1 Å². The van der Waals surface area contributed by atoms with Gasteiger partial charge in [-0.1, -0.05) is 0 Å². The van der Waals surface area contributed by atoms with Crippen molar-refractivity contribution in [2.45, 2.75) is 4.90 Å².